The topological polar surface area (TPSA) is 48.4 Å². The second-order valence-corrected chi connectivity index (χ2v) is 6.39. The number of halogens is 2. The molecule has 0 fully saturated rings. The highest BCUT2D eigenvalue weighted by Gasteiger charge is 2.16. The third-order valence-corrected chi connectivity index (χ3v) is 4.43. The molecule has 3 rings (SSSR count). The Morgan fingerprint density at radius 2 is 2.04 bits per heavy atom. The van der Waals surface area contributed by atoms with Crippen LogP contribution in [0.1, 0.15) is 11.6 Å². The number of hydrogen-bond acceptors (Lipinski definition) is 4. The van der Waals surface area contributed by atoms with Gasteiger partial charge >= 0.3 is 0 Å². The Hall–Kier alpha value is -2.37. The molecule has 1 aromatic heterocycles. The number of hydrogen-bond donors (Lipinski definition) is 2. The Bertz CT molecular complexity index is 901. The standard InChI is InChI=1S/C19H19ClFN3O/c1-24(2)13-5-3-4-12(10-13)17(11-25)23-16-7-6-14-15(20)8-9-22-19(14)18(16)21/h3-10,17,23,25H,11H2,1-2H3/t17-/m0/s1. The number of fused-ring (bicyclic) bond motifs is 1. The highest BCUT2D eigenvalue weighted by molar-refractivity contribution is 6.35. The Morgan fingerprint density at radius 3 is 2.76 bits per heavy atom. The van der Waals surface area contributed by atoms with Crippen molar-refractivity contribution in [3.63, 3.8) is 0 Å². The lowest BCUT2D eigenvalue weighted by Gasteiger charge is -2.21. The van der Waals surface area contributed by atoms with Crippen LogP contribution in [-0.2, 0) is 0 Å². The molecular formula is C19H19ClFN3O. The van der Waals surface area contributed by atoms with Gasteiger partial charge in [0.1, 0.15) is 5.52 Å². The molecule has 25 heavy (non-hydrogen) atoms. The van der Waals surface area contributed by atoms with E-state index in [4.69, 9.17) is 11.6 Å². The van der Waals surface area contributed by atoms with Gasteiger partial charge in [-0.1, -0.05) is 23.7 Å². The molecule has 3 aromatic rings. The van der Waals surface area contributed by atoms with Gasteiger partial charge in [0, 0.05) is 31.4 Å². The van der Waals surface area contributed by atoms with E-state index in [0.717, 1.165) is 11.3 Å². The van der Waals surface area contributed by atoms with E-state index in [9.17, 15) is 9.50 Å². The number of aliphatic hydroxyl groups is 1. The van der Waals surface area contributed by atoms with E-state index in [-0.39, 0.29) is 17.8 Å². The quantitative estimate of drug-likeness (QED) is 0.715. The van der Waals surface area contributed by atoms with Gasteiger partial charge in [0.05, 0.1) is 23.4 Å². The van der Waals surface area contributed by atoms with Crippen LogP contribution in [0, 0.1) is 5.82 Å². The first-order valence-corrected chi connectivity index (χ1v) is 8.26. The van der Waals surface area contributed by atoms with E-state index in [2.05, 4.69) is 10.3 Å². The lowest BCUT2D eigenvalue weighted by atomic mass is 10.1. The molecule has 0 spiro atoms. The summed E-state index contributed by atoms with van der Waals surface area (Å²) in [4.78, 5) is 6.05. The summed E-state index contributed by atoms with van der Waals surface area (Å²) in [6.45, 7) is -0.169. The Morgan fingerprint density at radius 1 is 1.24 bits per heavy atom. The van der Waals surface area contributed by atoms with Crippen LogP contribution in [0.5, 0.6) is 0 Å². The van der Waals surface area contributed by atoms with Gasteiger partial charge in [-0.3, -0.25) is 4.98 Å². The van der Waals surface area contributed by atoms with E-state index in [1.807, 2.05) is 43.3 Å². The van der Waals surface area contributed by atoms with Crippen LogP contribution < -0.4 is 10.2 Å². The zero-order valence-electron chi connectivity index (χ0n) is 14.0. The van der Waals surface area contributed by atoms with Gasteiger partial charge in [-0.15, -0.1) is 0 Å². The summed E-state index contributed by atoms with van der Waals surface area (Å²) in [6, 6.07) is 12.3. The maximum atomic E-state index is 14.8. The van der Waals surface area contributed by atoms with Gasteiger partial charge in [0.25, 0.3) is 0 Å². The summed E-state index contributed by atoms with van der Waals surface area (Å²) in [5, 5.41) is 13.9. The van der Waals surface area contributed by atoms with E-state index in [0.29, 0.717) is 10.4 Å². The first kappa shape index (κ1) is 17.5. The summed E-state index contributed by atoms with van der Waals surface area (Å²) in [5.74, 6) is -0.484. The second kappa shape index (κ2) is 7.25. The minimum absolute atomic E-state index is 0.169. The lowest BCUT2D eigenvalue weighted by molar-refractivity contribution is 0.276. The molecule has 2 N–H and O–H groups in total. The van der Waals surface area contributed by atoms with Crippen molar-refractivity contribution in [2.45, 2.75) is 6.04 Å². The van der Waals surface area contributed by atoms with Crippen LogP contribution in [0.4, 0.5) is 15.8 Å². The number of aromatic nitrogens is 1. The van der Waals surface area contributed by atoms with Gasteiger partial charge < -0.3 is 15.3 Å². The molecule has 0 aliphatic carbocycles. The van der Waals surface area contributed by atoms with E-state index in [1.54, 1.807) is 18.2 Å². The molecule has 4 nitrogen and oxygen atoms in total. The molecule has 0 unspecified atom stereocenters. The van der Waals surface area contributed by atoms with Crippen LogP contribution in [0.2, 0.25) is 5.02 Å². The molecule has 0 aliphatic heterocycles. The van der Waals surface area contributed by atoms with Gasteiger partial charge in [-0.25, -0.2) is 4.39 Å². The Labute approximate surface area is 150 Å². The third kappa shape index (κ3) is 3.52. The smallest absolute Gasteiger partial charge is 0.172 e. The Kier molecular flexibility index (Phi) is 5.06. The van der Waals surface area contributed by atoms with E-state index in [1.165, 1.54) is 6.20 Å². The molecule has 0 saturated carbocycles. The number of nitrogens with one attached hydrogen (secondary N) is 1. The van der Waals surface area contributed by atoms with Gasteiger partial charge in [-0.05, 0) is 35.9 Å². The lowest BCUT2D eigenvalue weighted by Crippen LogP contribution is -2.17. The molecule has 1 atom stereocenters. The predicted octanol–water partition coefficient (Wildman–Crippen LogP) is 4.24. The normalized spacial score (nSPS) is 12.2. The molecule has 0 amide bonds. The Balaban J connectivity index is 1.96. The number of anilines is 2. The molecule has 0 aliphatic rings. The second-order valence-electron chi connectivity index (χ2n) is 5.98. The van der Waals surface area contributed by atoms with Crippen LogP contribution in [0.25, 0.3) is 10.9 Å². The maximum absolute atomic E-state index is 14.8. The van der Waals surface area contributed by atoms with Crippen LogP contribution >= 0.6 is 11.6 Å². The van der Waals surface area contributed by atoms with Gasteiger partial charge in [-0.2, -0.15) is 0 Å². The minimum atomic E-state index is -0.484. The summed E-state index contributed by atoms with van der Waals surface area (Å²) < 4.78 is 14.8. The number of aliphatic hydroxyl groups excluding tert-OH is 1. The highest BCUT2D eigenvalue weighted by atomic mass is 35.5. The van der Waals surface area contributed by atoms with Crippen molar-refractivity contribution in [1.82, 2.24) is 4.98 Å². The fraction of sp³-hybridized carbons (Fsp3) is 0.211. The number of nitrogens with zero attached hydrogens (tertiary/aromatic N) is 2. The molecule has 2 aromatic carbocycles. The van der Waals surface area contributed by atoms with Crippen molar-refractivity contribution in [2.75, 3.05) is 30.9 Å². The summed E-state index contributed by atoms with van der Waals surface area (Å²) >= 11 is 6.09. The van der Waals surface area contributed by atoms with Crippen molar-refractivity contribution in [1.29, 1.82) is 0 Å². The zero-order chi connectivity index (χ0) is 18.0. The fourth-order valence-electron chi connectivity index (χ4n) is 2.70. The average molecular weight is 360 g/mol. The van der Waals surface area contributed by atoms with Crippen molar-refractivity contribution in [3.05, 3.63) is 65.1 Å². The zero-order valence-corrected chi connectivity index (χ0v) is 14.8. The van der Waals surface area contributed by atoms with Crippen molar-refractivity contribution >= 4 is 33.9 Å². The van der Waals surface area contributed by atoms with E-state index < -0.39 is 11.9 Å². The summed E-state index contributed by atoms with van der Waals surface area (Å²) in [5.41, 5.74) is 2.35. The minimum Gasteiger partial charge on any atom is -0.394 e. The molecular weight excluding hydrogens is 341 g/mol. The average Bonchev–Trinajstić information content (AvgIpc) is 2.62. The highest BCUT2D eigenvalue weighted by Crippen LogP contribution is 2.30. The molecule has 1 heterocycles. The number of benzene rings is 2. The van der Waals surface area contributed by atoms with Crippen LogP contribution in [0.15, 0.2) is 48.7 Å². The number of pyridine rings is 1. The van der Waals surface area contributed by atoms with E-state index >= 15 is 0 Å². The maximum Gasteiger partial charge on any atom is 0.172 e. The van der Waals surface area contributed by atoms with Crippen LogP contribution in [0.3, 0.4) is 0 Å². The summed E-state index contributed by atoms with van der Waals surface area (Å²) in [7, 11) is 3.89. The summed E-state index contributed by atoms with van der Waals surface area (Å²) in [6.07, 6.45) is 1.47. The molecule has 0 saturated heterocycles. The molecule has 0 radical (unpaired) electrons. The fourth-order valence-corrected chi connectivity index (χ4v) is 2.91. The van der Waals surface area contributed by atoms with Gasteiger partial charge in [0.15, 0.2) is 5.82 Å². The largest absolute Gasteiger partial charge is 0.394 e. The molecule has 130 valence electrons. The van der Waals surface area contributed by atoms with Gasteiger partial charge in [0.2, 0.25) is 0 Å². The van der Waals surface area contributed by atoms with Crippen molar-refractivity contribution in [2.24, 2.45) is 0 Å². The van der Waals surface area contributed by atoms with Crippen molar-refractivity contribution < 1.29 is 9.50 Å². The molecule has 6 heteroatoms. The first-order chi connectivity index (χ1) is 12.0. The SMILES string of the molecule is CN(C)c1cccc([C@H](CO)Nc2ccc3c(Cl)ccnc3c2F)c1. The predicted molar refractivity (Wildman–Crippen MR) is 101 cm³/mol. The number of rotatable bonds is 5. The monoisotopic (exact) mass is 359 g/mol. The van der Waals surface area contributed by atoms with Crippen LogP contribution in [-0.4, -0.2) is 30.8 Å². The molecule has 0 bridgehead atoms. The first-order valence-electron chi connectivity index (χ1n) is 7.88. The van der Waals surface area contributed by atoms with Crippen molar-refractivity contribution in [3.8, 4) is 0 Å². The third-order valence-electron chi connectivity index (χ3n) is 4.10.